The summed E-state index contributed by atoms with van der Waals surface area (Å²) in [7, 11) is 0. The molecule has 6 aliphatic rings. The molecule has 0 radical (unpaired) electrons. The number of pyridine rings is 1. The summed E-state index contributed by atoms with van der Waals surface area (Å²) >= 11 is 0. The van der Waals surface area contributed by atoms with E-state index in [4.69, 9.17) is 0 Å². The summed E-state index contributed by atoms with van der Waals surface area (Å²) in [6.07, 6.45) is 12.3. The Morgan fingerprint density at radius 2 is 1.66 bits per heavy atom. The Balaban J connectivity index is 1.06. The number of H-pyrrole nitrogens is 1. The maximum absolute atomic E-state index is 13.3. The number of benzene rings is 1. The number of amides is 1. The van der Waals surface area contributed by atoms with Crippen molar-refractivity contribution in [3.63, 3.8) is 0 Å². The summed E-state index contributed by atoms with van der Waals surface area (Å²) in [5.74, 6) is 2.21. The number of fused-ring (bicyclic) bond motifs is 1. The van der Waals surface area contributed by atoms with Crippen LogP contribution in [0.4, 0.5) is 0 Å². The lowest BCUT2D eigenvalue weighted by Gasteiger charge is -2.56. The third-order valence-electron chi connectivity index (χ3n) is 10.9. The molecule has 6 fully saturated rings. The van der Waals surface area contributed by atoms with Gasteiger partial charge in [0.05, 0.1) is 5.60 Å². The minimum Gasteiger partial charge on any atom is -0.385 e. The van der Waals surface area contributed by atoms with Gasteiger partial charge in [0.15, 0.2) is 0 Å². The molecule has 1 amide bonds. The zero-order chi connectivity index (χ0) is 25.9. The van der Waals surface area contributed by atoms with Crippen molar-refractivity contribution in [3.05, 3.63) is 69.6 Å². The molecule has 1 aliphatic heterocycles. The maximum atomic E-state index is 13.3. The number of carbonyl (C=O) groups is 1. The molecule has 4 bridgehead atoms. The van der Waals surface area contributed by atoms with E-state index in [1.807, 2.05) is 24.3 Å². The lowest BCUT2D eigenvalue weighted by Crippen LogP contribution is -2.60. The second-order valence-electron chi connectivity index (χ2n) is 13.3. The average molecular weight is 516 g/mol. The Labute approximate surface area is 225 Å². The van der Waals surface area contributed by atoms with Gasteiger partial charge < -0.3 is 15.4 Å². The number of nitrogens with zero attached hydrogens (tertiary/aromatic N) is 1. The number of hydrogen-bond acceptors (Lipinski definition) is 4. The number of aromatic nitrogens is 1. The molecule has 1 saturated heterocycles. The summed E-state index contributed by atoms with van der Waals surface area (Å²) in [5.41, 5.74) is 0.918. The van der Waals surface area contributed by atoms with Crippen molar-refractivity contribution in [1.82, 2.24) is 15.2 Å². The number of carbonyl (C=O) groups excluding carboxylic acids is 1. The van der Waals surface area contributed by atoms with E-state index in [9.17, 15) is 14.7 Å². The second-order valence-corrected chi connectivity index (χ2v) is 13.3. The van der Waals surface area contributed by atoms with Crippen LogP contribution in [0.5, 0.6) is 0 Å². The molecular formula is C32H41N3O3. The van der Waals surface area contributed by atoms with Gasteiger partial charge in [-0.1, -0.05) is 43.2 Å². The van der Waals surface area contributed by atoms with Crippen molar-refractivity contribution in [2.45, 2.75) is 94.4 Å². The third-order valence-corrected chi connectivity index (χ3v) is 10.9. The van der Waals surface area contributed by atoms with Gasteiger partial charge in [-0.3, -0.25) is 14.5 Å². The van der Waals surface area contributed by atoms with Crippen LogP contribution in [0.15, 0.2) is 47.3 Å². The molecule has 6 heteroatoms. The minimum absolute atomic E-state index is 0.101. The van der Waals surface area contributed by atoms with Crippen LogP contribution in [0.3, 0.4) is 0 Å². The number of aromatic amines is 1. The standard InChI is InChI=1S/C32H41N3O3/c36-29-26(30(37)34-31-17-21-14-22(18-31)16-23(15-21)19-31)11-10-25(33-29)20-35-13-12-32(38,24-6-2-1-3-7-24)27-8-4-5-9-28(27)35/h1-3,6-7,10-11,21-23,27-28,38H,4-5,8-9,12-20H2,(H,33,36)(H,34,37)/t21?,22?,23?,27-,28-,31?,32+/m0/s1. The van der Waals surface area contributed by atoms with E-state index >= 15 is 0 Å². The van der Waals surface area contributed by atoms with Gasteiger partial charge in [0.25, 0.3) is 11.5 Å². The fraction of sp³-hybridized carbons (Fsp3) is 0.625. The van der Waals surface area contributed by atoms with Crippen LogP contribution in [-0.4, -0.2) is 39.0 Å². The third kappa shape index (κ3) is 4.24. The zero-order valence-electron chi connectivity index (χ0n) is 22.3. The van der Waals surface area contributed by atoms with Crippen molar-refractivity contribution >= 4 is 5.91 Å². The molecule has 0 spiro atoms. The highest BCUT2D eigenvalue weighted by Crippen LogP contribution is 2.55. The van der Waals surface area contributed by atoms with Crippen LogP contribution in [0.1, 0.15) is 92.2 Å². The smallest absolute Gasteiger partial charge is 0.261 e. The number of piperidine rings is 1. The van der Waals surface area contributed by atoms with Crippen LogP contribution in [0, 0.1) is 23.7 Å². The highest BCUT2D eigenvalue weighted by Gasteiger charge is 2.52. The summed E-state index contributed by atoms with van der Waals surface area (Å²) in [6.45, 7) is 1.42. The van der Waals surface area contributed by atoms with Crippen LogP contribution >= 0.6 is 0 Å². The topological polar surface area (TPSA) is 85.4 Å². The molecule has 2 heterocycles. The highest BCUT2D eigenvalue weighted by molar-refractivity contribution is 5.94. The molecule has 3 atom stereocenters. The fourth-order valence-electron chi connectivity index (χ4n) is 9.63. The molecule has 2 aromatic rings. The van der Waals surface area contributed by atoms with Crippen molar-refractivity contribution in [1.29, 1.82) is 0 Å². The van der Waals surface area contributed by atoms with Gasteiger partial charge in [0.2, 0.25) is 0 Å². The van der Waals surface area contributed by atoms with Gasteiger partial charge in [0, 0.05) is 36.3 Å². The fourth-order valence-corrected chi connectivity index (χ4v) is 9.63. The molecule has 5 saturated carbocycles. The maximum Gasteiger partial charge on any atom is 0.261 e. The van der Waals surface area contributed by atoms with Gasteiger partial charge in [0.1, 0.15) is 5.56 Å². The summed E-state index contributed by atoms with van der Waals surface area (Å²) in [5, 5.41) is 15.2. The van der Waals surface area contributed by atoms with Crippen molar-refractivity contribution in [2.75, 3.05) is 6.54 Å². The van der Waals surface area contributed by atoms with E-state index in [0.29, 0.717) is 13.0 Å². The Hall–Kier alpha value is -2.44. The van der Waals surface area contributed by atoms with E-state index in [0.717, 1.165) is 74.1 Å². The molecule has 8 rings (SSSR count). The number of aliphatic hydroxyl groups is 1. The molecule has 1 aromatic heterocycles. The van der Waals surface area contributed by atoms with Crippen molar-refractivity contribution in [2.24, 2.45) is 23.7 Å². The lowest BCUT2D eigenvalue weighted by molar-refractivity contribution is -0.123. The summed E-state index contributed by atoms with van der Waals surface area (Å²) in [6, 6.07) is 14.1. The molecule has 5 aliphatic carbocycles. The predicted octanol–water partition coefficient (Wildman–Crippen LogP) is 4.73. The molecule has 0 unspecified atom stereocenters. The zero-order valence-corrected chi connectivity index (χ0v) is 22.3. The van der Waals surface area contributed by atoms with Crippen molar-refractivity contribution in [3.8, 4) is 0 Å². The van der Waals surface area contributed by atoms with E-state index in [1.54, 1.807) is 6.07 Å². The lowest BCUT2D eigenvalue weighted by atomic mass is 9.53. The Kier molecular flexibility index (Phi) is 6.04. The van der Waals surface area contributed by atoms with Crippen LogP contribution < -0.4 is 10.9 Å². The Bertz CT molecular complexity index is 1220. The van der Waals surface area contributed by atoms with Crippen LogP contribution in [0.25, 0.3) is 0 Å². The van der Waals surface area contributed by atoms with E-state index in [1.165, 1.54) is 25.7 Å². The number of hydrogen-bond donors (Lipinski definition) is 3. The van der Waals surface area contributed by atoms with E-state index in [-0.39, 0.29) is 34.5 Å². The van der Waals surface area contributed by atoms with Gasteiger partial charge in [-0.25, -0.2) is 0 Å². The van der Waals surface area contributed by atoms with Gasteiger partial charge in [-0.15, -0.1) is 0 Å². The number of likely N-dealkylation sites (tertiary alicyclic amines) is 1. The largest absolute Gasteiger partial charge is 0.385 e. The van der Waals surface area contributed by atoms with Crippen LogP contribution in [0.2, 0.25) is 0 Å². The van der Waals surface area contributed by atoms with Crippen molar-refractivity contribution < 1.29 is 9.90 Å². The second kappa shape index (κ2) is 9.34. The first-order valence-electron chi connectivity index (χ1n) is 15.0. The average Bonchev–Trinajstić information content (AvgIpc) is 2.90. The first-order valence-corrected chi connectivity index (χ1v) is 15.0. The Morgan fingerprint density at radius 3 is 2.34 bits per heavy atom. The molecule has 38 heavy (non-hydrogen) atoms. The van der Waals surface area contributed by atoms with E-state index < -0.39 is 5.60 Å². The minimum atomic E-state index is -0.796. The summed E-state index contributed by atoms with van der Waals surface area (Å²) in [4.78, 5) is 31.9. The Morgan fingerprint density at radius 1 is 0.974 bits per heavy atom. The monoisotopic (exact) mass is 515 g/mol. The summed E-state index contributed by atoms with van der Waals surface area (Å²) < 4.78 is 0. The SMILES string of the molecule is O=C(NC12CC3CC(CC(C3)C1)C2)c1ccc(CN2CC[C@@](O)(c3ccccc3)[C@H]3CCCC[C@@H]32)[nH]c1=O. The predicted molar refractivity (Wildman–Crippen MR) is 147 cm³/mol. The highest BCUT2D eigenvalue weighted by atomic mass is 16.3. The molecule has 1 aromatic carbocycles. The first-order chi connectivity index (χ1) is 18.4. The van der Waals surface area contributed by atoms with Gasteiger partial charge >= 0.3 is 0 Å². The van der Waals surface area contributed by atoms with E-state index in [2.05, 4.69) is 27.3 Å². The first kappa shape index (κ1) is 24.6. The number of rotatable bonds is 5. The van der Waals surface area contributed by atoms with Gasteiger partial charge in [-0.05, 0) is 93.2 Å². The normalized spacial score (nSPS) is 38.1. The van der Waals surface area contributed by atoms with Crippen LogP contribution in [-0.2, 0) is 12.1 Å². The molecule has 6 nitrogen and oxygen atoms in total. The van der Waals surface area contributed by atoms with Gasteiger partial charge in [-0.2, -0.15) is 0 Å². The molecule has 202 valence electrons. The quantitative estimate of drug-likeness (QED) is 0.538. The number of nitrogens with one attached hydrogen (secondary N) is 2. The molecule has 3 N–H and O–H groups in total. The molecular weight excluding hydrogens is 474 g/mol.